The van der Waals surface area contributed by atoms with E-state index in [1.807, 2.05) is 13.0 Å². The minimum atomic E-state index is -3.64. The van der Waals surface area contributed by atoms with Crippen LogP contribution in [0.5, 0.6) is 0 Å². The van der Waals surface area contributed by atoms with Crippen LogP contribution in [0.2, 0.25) is 0 Å². The van der Waals surface area contributed by atoms with Crippen molar-refractivity contribution >= 4 is 37.3 Å². The molecule has 0 aliphatic heterocycles. The molecule has 4 nitrogen and oxygen atoms in total. The van der Waals surface area contributed by atoms with Gasteiger partial charge in [0.25, 0.3) is 10.0 Å². The van der Waals surface area contributed by atoms with E-state index in [9.17, 15) is 13.5 Å². The van der Waals surface area contributed by atoms with Crippen LogP contribution in [0.1, 0.15) is 17.2 Å². The van der Waals surface area contributed by atoms with Crippen molar-refractivity contribution in [1.29, 1.82) is 0 Å². The summed E-state index contributed by atoms with van der Waals surface area (Å²) in [6.45, 7) is 1.54. The Balaban J connectivity index is 2.27. The fraction of sp³-hybridized carbons (Fsp3) is 0.231. The Morgan fingerprint density at radius 3 is 2.50 bits per heavy atom. The summed E-state index contributed by atoms with van der Waals surface area (Å²) in [6.07, 6.45) is 0. The van der Waals surface area contributed by atoms with Crippen LogP contribution in [0.3, 0.4) is 0 Å². The SMILES string of the molecule is Cc1cc(S(=O)(=O)N[C@H](CO)c2ccccc2)sc1Br. The Labute approximate surface area is 130 Å². The van der Waals surface area contributed by atoms with E-state index in [1.54, 1.807) is 30.3 Å². The molecule has 108 valence electrons. The third kappa shape index (κ3) is 3.48. The third-order valence-corrected chi connectivity index (χ3v) is 6.86. The Bertz CT molecular complexity index is 663. The monoisotopic (exact) mass is 375 g/mol. The number of aliphatic hydroxyl groups excluding tert-OH is 1. The number of nitrogens with one attached hydrogen (secondary N) is 1. The second-order valence-electron chi connectivity index (χ2n) is 4.29. The van der Waals surface area contributed by atoms with Gasteiger partial charge in [0.15, 0.2) is 0 Å². The first-order valence-corrected chi connectivity index (χ1v) is 8.97. The van der Waals surface area contributed by atoms with Gasteiger partial charge in [-0.1, -0.05) is 30.3 Å². The molecule has 0 aliphatic rings. The molecule has 7 heteroatoms. The molecule has 2 N–H and O–H groups in total. The number of hydrogen-bond donors (Lipinski definition) is 2. The highest BCUT2D eigenvalue weighted by molar-refractivity contribution is 9.11. The molecule has 20 heavy (non-hydrogen) atoms. The van der Waals surface area contributed by atoms with Crippen LogP contribution in [0.4, 0.5) is 0 Å². The van der Waals surface area contributed by atoms with Gasteiger partial charge in [-0.15, -0.1) is 11.3 Å². The van der Waals surface area contributed by atoms with Crippen molar-refractivity contribution in [1.82, 2.24) is 4.72 Å². The molecule has 0 unspecified atom stereocenters. The fourth-order valence-electron chi connectivity index (χ4n) is 1.71. The van der Waals surface area contributed by atoms with E-state index in [0.29, 0.717) is 0 Å². The zero-order chi connectivity index (χ0) is 14.8. The minimum absolute atomic E-state index is 0.233. The maximum atomic E-state index is 12.3. The van der Waals surface area contributed by atoms with Crippen LogP contribution in [-0.4, -0.2) is 20.1 Å². The van der Waals surface area contributed by atoms with Crippen LogP contribution >= 0.6 is 27.3 Å². The van der Waals surface area contributed by atoms with Gasteiger partial charge in [0.05, 0.1) is 16.4 Å². The van der Waals surface area contributed by atoms with E-state index in [4.69, 9.17) is 0 Å². The van der Waals surface area contributed by atoms with Crippen molar-refractivity contribution in [2.24, 2.45) is 0 Å². The highest BCUT2D eigenvalue weighted by Gasteiger charge is 2.23. The van der Waals surface area contributed by atoms with E-state index in [1.165, 1.54) is 0 Å². The van der Waals surface area contributed by atoms with Crippen LogP contribution in [0, 0.1) is 6.92 Å². The maximum absolute atomic E-state index is 12.3. The molecule has 1 atom stereocenters. The molecule has 0 radical (unpaired) electrons. The predicted octanol–water partition coefficient (Wildman–Crippen LogP) is 2.83. The summed E-state index contributed by atoms with van der Waals surface area (Å²) in [7, 11) is -3.64. The molecule has 0 bridgehead atoms. The topological polar surface area (TPSA) is 66.4 Å². The first kappa shape index (κ1) is 15.7. The zero-order valence-electron chi connectivity index (χ0n) is 10.7. The summed E-state index contributed by atoms with van der Waals surface area (Å²) < 4.78 is 28.2. The Morgan fingerprint density at radius 2 is 2.00 bits per heavy atom. The van der Waals surface area contributed by atoms with Gasteiger partial charge in [0.2, 0.25) is 0 Å². The lowest BCUT2D eigenvalue weighted by atomic mass is 10.1. The molecule has 0 saturated heterocycles. The Morgan fingerprint density at radius 1 is 1.35 bits per heavy atom. The molecule has 1 aromatic carbocycles. The molecule has 0 saturated carbocycles. The molecule has 1 aromatic heterocycles. The Hall–Kier alpha value is -0.730. The van der Waals surface area contributed by atoms with Crippen molar-refractivity contribution in [2.75, 3.05) is 6.61 Å². The number of sulfonamides is 1. The van der Waals surface area contributed by atoms with Crippen molar-refractivity contribution in [3.63, 3.8) is 0 Å². The van der Waals surface area contributed by atoms with E-state index in [0.717, 1.165) is 26.3 Å². The lowest BCUT2D eigenvalue weighted by Crippen LogP contribution is -2.30. The maximum Gasteiger partial charge on any atom is 0.250 e. The second kappa shape index (κ2) is 6.36. The molecule has 2 aromatic rings. The van der Waals surface area contributed by atoms with Gasteiger partial charge in [-0.25, -0.2) is 13.1 Å². The summed E-state index contributed by atoms with van der Waals surface area (Å²) in [5, 5.41) is 9.42. The molecule has 0 fully saturated rings. The second-order valence-corrected chi connectivity index (χ2v) is 8.60. The number of aliphatic hydroxyl groups is 1. The largest absolute Gasteiger partial charge is 0.394 e. The average molecular weight is 376 g/mol. The summed E-state index contributed by atoms with van der Waals surface area (Å²) in [5.41, 5.74) is 1.60. The van der Waals surface area contributed by atoms with Gasteiger partial charge in [-0.3, -0.25) is 0 Å². The van der Waals surface area contributed by atoms with E-state index < -0.39 is 16.1 Å². The summed E-state index contributed by atoms with van der Waals surface area (Å²) in [4.78, 5) is 0. The molecule has 0 aliphatic carbocycles. The molecule has 2 rings (SSSR count). The number of hydrogen-bond acceptors (Lipinski definition) is 4. The number of thiophene rings is 1. The van der Waals surface area contributed by atoms with Crippen LogP contribution < -0.4 is 4.72 Å². The Kier molecular flexibility index (Phi) is 4.98. The lowest BCUT2D eigenvalue weighted by Gasteiger charge is -2.16. The predicted molar refractivity (Wildman–Crippen MR) is 83.3 cm³/mol. The van der Waals surface area contributed by atoms with Gasteiger partial charge >= 0.3 is 0 Å². The first-order chi connectivity index (χ1) is 9.44. The van der Waals surface area contributed by atoms with Crippen molar-refractivity contribution in [3.05, 3.63) is 51.3 Å². The van der Waals surface area contributed by atoms with E-state index >= 15 is 0 Å². The normalized spacial score (nSPS) is 13.3. The van der Waals surface area contributed by atoms with Gasteiger partial charge < -0.3 is 5.11 Å². The molecular formula is C13H14BrNO3S2. The zero-order valence-corrected chi connectivity index (χ0v) is 13.9. The lowest BCUT2D eigenvalue weighted by molar-refractivity contribution is 0.259. The van der Waals surface area contributed by atoms with E-state index in [2.05, 4.69) is 20.7 Å². The van der Waals surface area contributed by atoms with E-state index in [-0.39, 0.29) is 10.8 Å². The number of halogens is 1. The third-order valence-electron chi connectivity index (χ3n) is 2.78. The number of aryl methyl sites for hydroxylation is 1. The van der Waals surface area contributed by atoms with Gasteiger partial charge in [0, 0.05) is 0 Å². The first-order valence-electron chi connectivity index (χ1n) is 5.88. The van der Waals surface area contributed by atoms with Crippen molar-refractivity contribution in [3.8, 4) is 0 Å². The molecule has 0 spiro atoms. The summed E-state index contributed by atoms with van der Waals surface area (Å²) >= 11 is 4.47. The minimum Gasteiger partial charge on any atom is -0.394 e. The smallest absolute Gasteiger partial charge is 0.250 e. The summed E-state index contributed by atoms with van der Waals surface area (Å²) in [6, 6.07) is 9.96. The fourth-order valence-corrected chi connectivity index (χ4v) is 5.16. The van der Waals surface area contributed by atoms with Crippen LogP contribution in [-0.2, 0) is 10.0 Å². The number of benzene rings is 1. The van der Waals surface area contributed by atoms with Crippen molar-refractivity contribution in [2.45, 2.75) is 17.2 Å². The standard InChI is InChI=1S/C13H14BrNO3S2/c1-9-7-12(19-13(9)14)20(17,18)15-11(8-16)10-5-3-2-4-6-10/h2-7,11,15-16H,8H2,1H3/t11-/m1/s1. The highest BCUT2D eigenvalue weighted by Crippen LogP contribution is 2.31. The molecule has 0 amide bonds. The average Bonchev–Trinajstić information content (AvgIpc) is 2.78. The van der Waals surface area contributed by atoms with Gasteiger partial charge in [-0.05, 0) is 40.0 Å². The summed E-state index contributed by atoms with van der Waals surface area (Å²) in [5.74, 6) is 0. The highest BCUT2D eigenvalue weighted by atomic mass is 79.9. The van der Waals surface area contributed by atoms with Crippen molar-refractivity contribution < 1.29 is 13.5 Å². The van der Waals surface area contributed by atoms with Gasteiger partial charge in [-0.2, -0.15) is 0 Å². The van der Waals surface area contributed by atoms with Crippen LogP contribution in [0.15, 0.2) is 44.4 Å². The number of rotatable bonds is 5. The quantitative estimate of drug-likeness (QED) is 0.844. The molecular weight excluding hydrogens is 362 g/mol. The molecule has 1 heterocycles. The van der Waals surface area contributed by atoms with Gasteiger partial charge in [0.1, 0.15) is 4.21 Å². The van der Waals surface area contributed by atoms with Crippen LogP contribution in [0.25, 0.3) is 0 Å².